The molecule has 1 atom stereocenters. The van der Waals surface area contributed by atoms with E-state index < -0.39 is 10.0 Å². The van der Waals surface area contributed by atoms with Crippen LogP contribution in [0.3, 0.4) is 0 Å². The lowest BCUT2D eigenvalue weighted by molar-refractivity contribution is -0.135. The van der Waals surface area contributed by atoms with Crippen LogP contribution in [-0.2, 0) is 20.2 Å². The third kappa shape index (κ3) is 4.42. The molecule has 2 aliphatic rings. The summed E-state index contributed by atoms with van der Waals surface area (Å²) in [6.07, 6.45) is 1.66. The summed E-state index contributed by atoms with van der Waals surface area (Å²) in [6, 6.07) is 3.62. The Bertz CT molecular complexity index is 743. The number of hydrogen-bond donors (Lipinski definition) is 1. The van der Waals surface area contributed by atoms with Crippen molar-refractivity contribution in [3.63, 3.8) is 0 Å². The maximum Gasteiger partial charge on any atom is 0.252 e. The highest BCUT2D eigenvalue weighted by Crippen LogP contribution is 2.34. The van der Waals surface area contributed by atoms with E-state index in [4.69, 9.17) is 0 Å². The molecule has 2 fully saturated rings. The molecule has 0 spiro atoms. The summed E-state index contributed by atoms with van der Waals surface area (Å²) in [7, 11) is -3.49. The van der Waals surface area contributed by atoms with Crippen molar-refractivity contribution in [3.05, 3.63) is 17.0 Å². The predicted molar refractivity (Wildman–Crippen MR) is 107 cm³/mol. The van der Waals surface area contributed by atoms with Crippen molar-refractivity contribution in [1.82, 2.24) is 14.5 Å². The van der Waals surface area contributed by atoms with Gasteiger partial charge in [0.1, 0.15) is 4.21 Å². The fraction of sp³-hybridized carbons (Fsp3) is 0.706. The molecule has 148 valence electrons. The summed E-state index contributed by atoms with van der Waals surface area (Å²) in [5, 5.41) is 3.07. The van der Waals surface area contributed by atoms with Gasteiger partial charge in [0, 0.05) is 37.1 Å². The lowest BCUT2D eigenvalue weighted by Gasteiger charge is -2.40. The minimum absolute atomic E-state index is 0. The Hall–Kier alpha value is -0.670. The second-order valence-electron chi connectivity index (χ2n) is 7.79. The van der Waals surface area contributed by atoms with Crippen molar-refractivity contribution < 1.29 is 13.2 Å². The molecule has 0 aromatic carbocycles. The number of carbonyl (C=O) groups is 1. The van der Waals surface area contributed by atoms with Crippen molar-refractivity contribution in [1.29, 1.82) is 0 Å². The molecular weight excluding hydrogens is 394 g/mol. The molecule has 1 aromatic heterocycles. The van der Waals surface area contributed by atoms with Gasteiger partial charge < -0.3 is 10.2 Å². The third-order valence-corrected chi connectivity index (χ3v) is 8.68. The molecule has 1 N–H and O–H groups in total. The van der Waals surface area contributed by atoms with Crippen molar-refractivity contribution in [2.45, 2.75) is 49.3 Å². The van der Waals surface area contributed by atoms with Gasteiger partial charge in [-0.15, -0.1) is 23.7 Å². The zero-order valence-corrected chi connectivity index (χ0v) is 18.0. The van der Waals surface area contributed by atoms with Gasteiger partial charge in [-0.1, -0.05) is 20.8 Å². The third-order valence-electron chi connectivity index (χ3n) is 4.84. The first-order valence-corrected chi connectivity index (χ1v) is 11.1. The van der Waals surface area contributed by atoms with Gasteiger partial charge in [0.15, 0.2) is 0 Å². The monoisotopic (exact) mass is 421 g/mol. The molecule has 0 saturated carbocycles. The molecule has 1 aromatic rings. The number of halogens is 1. The Balaban J connectivity index is 0.00000243. The van der Waals surface area contributed by atoms with Crippen LogP contribution >= 0.6 is 23.7 Å². The van der Waals surface area contributed by atoms with E-state index >= 15 is 0 Å². The van der Waals surface area contributed by atoms with Gasteiger partial charge in [-0.05, 0) is 30.4 Å². The van der Waals surface area contributed by atoms with Crippen LogP contribution in [0.15, 0.2) is 16.3 Å². The van der Waals surface area contributed by atoms with E-state index in [1.54, 1.807) is 10.4 Å². The molecule has 9 heteroatoms. The van der Waals surface area contributed by atoms with E-state index in [0.717, 1.165) is 24.3 Å². The SMILES string of the molecule is CC(C)(C)c1ccc(S(=O)(=O)N2CCCC(N3CCNCC3=O)C2)s1.Cl. The number of piperidine rings is 1. The standard InChI is InChI=1S/C17H27N3O3S2.ClH/c1-17(2,3)14-6-7-16(24-14)25(22,23)19-9-4-5-13(12-19)20-10-8-18-11-15(20)21;/h6-7,13,18H,4-5,8-12H2,1-3H3;1H. The highest BCUT2D eigenvalue weighted by molar-refractivity contribution is 7.91. The Morgan fingerprint density at radius 1 is 1.23 bits per heavy atom. The summed E-state index contributed by atoms with van der Waals surface area (Å²) in [5.41, 5.74) is -0.0594. The Kier molecular flexibility index (Phi) is 6.77. The molecule has 3 heterocycles. The molecule has 2 saturated heterocycles. The highest BCUT2D eigenvalue weighted by atomic mass is 35.5. The van der Waals surface area contributed by atoms with Gasteiger partial charge in [0.25, 0.3) is 10.0 Å². The number of nitrogens with zero attached hydrogens (tertiary/aromatic N) is 2. The molecular formula is C17H28ClN3O3S2. The zero-order valence-electron chi connectivity index (χ0n) is 15.5. The smallest absolute Gasteiger partial charge is 0.252 e. The first-order chi connectivity index (χ1) is 11.7. The van der Waals surface area contributed by atoms with Crippen LogP contribution in [0.2, 0.25) is 0 Å². The first kappa shape index (κ1) is 21.6. The van der Waals surface area contributed by atoms with E-state index in [1.165, 1.54) is 11.3 Å². The summed E-state index contributed by atoms with van der Waals surface area (Å²) in [6.45, 7) is 8.97. The number of thiophene rings is 1. The van der Waals surface area contributed by atoms with E-state index in [0.29, 0.717) is 30.4 Å². The average molecular weight is 422 g/mol. The van der Waals surface area contributed by atoms with E-state index in [-0.39, 0.29) is 29.8 Å². The van der Waals surface area contributed by atoms with E-state index in [9.17, 15) is 13.2 Å². The molecule has 0 aliphatic carbocycles. The van der Waals surface area contributed by atoms with Crippen LogP contribution in [-0.4, -0.2) is 62.3 Å². The number of hydrogen-bond acceptors (Lipinski definition) is 5. The summed E-state index contributed by atoms with van der Waals surface area (Å²) in [5.74, 6) is 0.0710. The lowest BCUT2D eigenvalue weighted by Crippen LogP contribution is -2.57. The van der Waals surface area contributed by atoms with E-state index in [1.807, 2.05) is 11.0 Å². The highest BCUT2D eigenvalue weighted by Gasteiger charge is 2.36. The number of rotatable bonds is 3. The second kappa shape index (κ2) is 8.14. The number of amides is 1. The normalized spacial score (nSPS) is 23.0. The summed E-state index contributed by atoms with van der Waals surface area (Å²) >= 11 is 1.36. The Labute approximate surface area is 166 Å². The minimum Gasteiger partial charge on any atom is -0.336 e. The molecule has 1 unspecified atom stereocenters. The van der Waals surface area contributed by atoms with Crippen LogP contribution in [0.4, 0.5) is 0 Å². The Morgan fingerprint density at radius 3 is 2.58 bits per heavy atom. The number of piperazine rings is 1. The summed E-state index contributed by atoms with van der Waals surface area (Å²) < 4.78 is 28.1. The van der Waals surface area contributed by atoms with Crippen molar-refractivity contribution in [2.75, 3.05) is 32.7 Å². The zero-order chi connectivity index (χ0) is 18.2. The number of sulfonamides is 1. The number of carbonyl (C=O) groups excluding carboxylic acids is 1. The summed E-state index contributed by atoms with van der Waals surface area (Å²) in [4.78, 5) is 15.1. The minimum atomic E-state index is -3.49. The van der Waals surface area contributed by atoms with Gasteiger partial charge >= 0.3 is 0 Å². The van der Waals surface area contributed by atoms with Crippen LogP contribution in [0.1, 0.15) is 38.5 Å². The maximum absolute atomic E-state index is 13.1. The Morgan fingerprint density at radius 2 is 1.96 bits per heavy atom. The van der Waals surface area contributed by atoms with Crippen LogP contribution in [0.25, 0.3) is 0 Å². The van der Waals surface area contributed by atoms with Gasteiger partial charge in [0.05, 0.1) is 6.54 Å². The van der Waals surface area contributed by atoms with Gasteiger partial charge in [-0.2, -0.15) is 4.31 Å². The van der Waals surface area contributed by atoms with Crippen LogP contribution in [0.5, 0.6) is 0 Å². The van der Waals surface area contributed by atoms with Crippen molar-refractivity contribution in [3.8, 4) is 0 Å². The lowest BCUT2D eigenvalue weighted by atomic mass is 9.95. The molecule has 0 radical (unpaired) electrons. The molecule has 26 heavy (non-hydrogen) atoms. The van der Waals surface area contributed by atoms with Crippen molar-refractivity contribution in [2.24, 2.45) is 0 Å². The molecule has 3 rings (SSSR count). The largest absolute Gasteiger partial charge is 0.336 e. The van der Waals surface area contributed by atoms with Crippen LogP contribution in [0, 0.1) is 0 Å². The predicted octanol–water partition coefficient (Wildman–Crippen LogP) is 2.05. The molecule has 2 aliphatic heterocycles. The van der Waals surface area contributed by atoms with Gasteiger partial charge in [-0.25, -0.2) is 8.42 Å². The fourth-order valence-corrected chi connectivity index (χ4v) is 6.42. The molecule has 6 nitrogen and oxygen atoms in total. The quantitative estimate of drug-likeness (QED) is 0.810. The fourth-order valence-electron chi connectivity index (χ4n) is 3.39. The maximum atomic E-state index is 13.1. The second-order valence-corrected chi connectivity index (χ2v) is 11.0. The average Bonchev–Trinajstić information content (AvgIpc) is 3.06. The number of nitrogens with one attached hydrogen (secondary N) is 1. The molecule has 0 bridgehead atoms. The van der Waals surface area contributed by atoms with Crippen LogP contribution < -0.4 is 5.32 Å². The van der Waals surface area contributed by atoms with Gasteiger partial charge in [-0.3, -0.25) is 4.79 Å². The van der Waals surface area contributed by atoms with Crippen molar-refractivity contribution >= 4 is 39.7 Å². The topological polar surface area (TPSA) is 69.7 Å². The van der Waals surface area contributed by atoms with E-state index in [2.05, 4.69) is 26.1 Å². The van der Waals surface area contributed by atoms with Gasteiger partial charge in [0.2, 0.25) is 5.91 Å². The first-order valence-electron chi connectivity index (χ1n) is 8.80. The molecule has 1 amide bonds.